The molecule has 1 aromatic heterocycles. The maximum atomic E-state index is 11.2. The van der Waals surface area contributed by atoms with Gasteiger partial charge in [0.15, 0.2) is 5.16 Å². The summed E-state index contributed by atoms with van der Waals surface area (Å²) in [5.41, 5.74) is 5.32. The number of carbonyl (C=O) groups is 1. The molecule has 1 unspecified atom stereocenters. The first kappa shape index (κ1) is 15.1. The molecule has 1 aliphatic carbocycles. The fraction of sp³-hybridized carbons (Fsp3) is 0.643. The van der Waals surface area contributed by atoms with Crippen molar-refractivity contribution in [2.75, 3.05) is 0 Å². The second-order valence-electron chi connectivity index (χ2n) is 5.24. The highest BCUT2D eigenvalue weighted by molar-refractivity contribution is 8.00. The van der Waals surface area contributed by atoms with Crippen molar-refractivity contribution < 1.29 is 4.79 Å². The number of amides is 1. The van der Waals surface area contributed by atoms with Gasteiger partial charge in [0, 0.05) is 12.5 Å². The Morgan fingerprint density at radius 1 is 1.50 bits per heavy atom. The number of carbonyl (C=O) groups excluding carboxylic acids is 1. The molecule has 1 fully saturated rings. The second kappa shape index (κ2) is 6.92. The Balaban J connectivity index is 2.21. The van der Waals surface area contributed by atoms with Gasteiger partial charge in [0.2, 0.25) is 5.91 Å². The predicted molar refractivity (Wildman–Crippen MR) is 80.6 cm³/mol. The molecule has 0 saturated heterocycles. The normalized spacial score (nSPS) is 17.9. The first-order valence-electron chi connectivity index (χ1n) is 7.13. The van der Waals surface area contributed by atoms with E-state index in [0.29, 0.717) is 12.5 Å². The predicted octanol–water partition coefficient (Wildman–Crippen LogP) is 2.48. The summed E-state index contributed by atoms with van der Waals surface area (Å²) in [4.78, 5) is 11.2. The molecule has 2 N–H and O–H groups in total. The molecule has 6 heteroatoms. The van der Waals surface area contributed by atoms with E-state index in [-0.39, 0.29) is 11.2 Å². The van der Waals surface area contributed by atoms with Crippen LogP contribution in [0.5, 0.6) is 0 Å². The number of nitrogens with two attached hydrogens (primary N) is 1. The summed E-state index contributed by atoms with van der Waals surface area (Å²) in [5, 5.41) is 9.07. The molecule has 0 aliphatic heterocycles. The Morgan fingerprint density at radius 3 is 2.80 bits per heavy atom. The van der Waals surface area contributed by atoms with E-state index in [9.17, 15) is 4.79 Å². The van der Waals surface area contributed by atoms with E-state index < -0.39 is 0 Å². The average molecular weight is 294 g/mol. The van der Waals surface area contributed by atoms with Crippen LogP contribution in [0.1, 0.15) is 50.8 Å². The van der Waals surface area contributed by atoms with Crippen LogP contribution in [0.25, 0.3) is 0 Å². The average Bonchev–Trinajstić information content (AvgIpc) is 2.83. The summed E-state index contributed by atoms with van der Waals surface area (Å²) >= 11 is 1.37. The van der Waals surface area contributed by atoms with Crippen molar-refractivity contribution in [1.82, 2.24) is 14.8 Å². The maximum absolute atomic E-state index is 11.2. The van der Waals surface area contributed by atoms with Crippen molar-refractivity contribution in [1.29, 1.82) is 0 Å². The summed E-state index contributed by atoms with van der Waals surface area (Å²) in [5.74, 6) is 1.18. The van der Waals surface area contributed by atoms with E-state index in [0.717, 1.165) is 11.0 Å². The number of aromatic nitrogens is 3. The van der Waals surface area contributed by atoms with E-state index in [2.05, 4.69) is 21.3 Å². The van der Waals surface area contributed by atoms with Crippen molar-refractivity contribution >= 4 is 17.7 Å². The van der Waals surface area contributed by atoms with Gasteiger partial charge in [0.25, 0.3) is 0 Å². The Labute approximate surface area is 124 Å². The minimum atomic E-state index is -0.331. The van der Waals surface area contributed by atoms with Gasteiger partial charge in [0.05, 0.1) is 5.25 Å². The summed E-state index contributed by atoms with van der Waals surface area (Å²) in [6.45, 7) is 6.27. The summed E-state index contributed by atoms with van der Waals surface area (Å²) in [6, 6.07) is 0. The fourth-order valence-electron chi connectivity index (χ4n) is 2.57. The van der Waals surface area contributed by atoms with Gasteiger partial charge in [-0.15, -0.1) is 16.8 Å². The van der Waals surface area contributed by atoms with Gasteiger partial charge < -0.3 is 10.3 Å². The van der Waals surface area contributed by atoms with Gasteiger partial charge in [0.1, 0.15) is 5.82 Å². The van der Waals surface area contributed by atoms with Crippen molar-refractivity contribution in [2.45, 2.75) is 61.9 Å². The zero-order valence-corrected chi connectivity index (χ0v) is 12.7. The number of hydrogen-bond acceptors (Lipinski definition) is 4. The third-order valence-corrected chi connectivity index (χ3v) is 4.81. The highest BCUT2D eigenvalue weighted by Gasteiger charge is 2.24. The Morgan fingerprint density at radius 2 is 2.20 bits per heavy atom. The van der Waals surface area contributed by atoms with Crippen LogP contribution in [0.3, 0.4) is 0 Å². The topological polar surface area (TPSA) is 73.8 Å². The zero-order valence-electron chi connectivity index (χ0n) is 11.9. The number of rotatable bonds is 6. The molecule has 0 bridgehead atoms. The molecule has 0 radical (unpaired) electrons. The number of nitrogens with zero attached hydrogens (tertiary/aromatic N) is 3. The summed E-state index contributed by atoms with van der Waals surface area (Å²) < 4.78 is 2.08. The van der Waals surface area contributed by atoms with Crippen LogP contribution in [-0.2, 0) is 11.3 Å². The van der Waals surface area contributed by atoms with Gasteiger partial charge in [-0.2, -0.15) is 0 Å². The zero-order chi connectivity index (χ0) is 14.5. The van der Waals surface area contributed by atoms with Gasteiger partial charge in [-0.05, 0) is 19.8 Å². The largest absolute Gasteiger partial charge is 0.369 e. The first-order chi connectivity index (χ1) is 9.63. The van der Waals surface area contributed by atoms with Crippen molar-refractivity contribution in [2.24, 2.45) is 5.73 Å². The lowest BCUT2D eigenvalue weighted by Crippen LogP contribution is -2.23. The first-order valence-corrected chi connectivity index (χ1v) is 8.01. The molecule has 0 spiro atoms. The van der Waals surface area contributed by atoms with Gasteiger partial charge in [-0.3, -0.25) is 4.79 Å². The fourth-order valence-corrected chi connectivity index (χ4v) is 3.38. The lowest BCUT2D eigenvalue weighted by atomic mass is 9.89. The second-order valence-corrected chi connectivity index (χ2v) is 6.55. The highest BCUT2D eigenvalue weighted by atomic mass is 32.2. The van der Waals surface area contributed by atoms with Crippen LogP contribution in [0, 0.1) is 0 Å². The van der Waals surface area contributed by atoms with Crippen molar-refractivity contribution in [3.63, 3.8) is 0 Å². The molecular formula is C14H22N4OS. The minimum Gasteiger partial charge on any atom is -0.369 e. The lowest BCUT2D eigenvalue weighted by molar-refractivity contribution is -0.117. The molecule has 1 atom stereocenters. The third kappa shape index (κ3) is 3.42. The summed E-state index contributed by atoms with van der Waals surface area (Å²) in [6.07, 6.45) is 8.01. The van der Waals surface area contributed by atoms with Crippen molar-refractivity contribution in [3.05, 3.63) is 18.5 Å². The molecule has 0 aromatic carbocycles. The molecule has 110 valence electrons. The monoisotopic (exact) mass is 294 g/mol. The number of allylic oxidation sites excluding steroid dienone is 1. The molecule has 1 aromatic rings. The maximum Gasteiger partial charge on any atom is 0.230 e. The van der Waals surface area contributed by atoms with Gasteiger partial charge in [-0.1, -0.05) is 37.1 Å². The van der Waals surface area contributed by atoms with Crippen LogP contribution >= 0.6 is 11.8 Å². The van der Waals surface area contributed by atoms with Crippen molar-refractivity contribution in [3.8, 4) is 0 Å². The summed E-state index contributed by atoms with van der Waals surface area (Å²) in [7, 11) is 0. The Hall–Kier alpha value is -1.30. The van der Waals surface area contributed by atoms with Crippen LogP contribution in [0.4, 0.5) is 0 Å². The SMILES string of the molecule is C=CCn1c(SC(C)C(N)=O)nnc1C1CCCCC1. The molecular weight excluding hydrogens is 272 g/mol. The van der Waals surface area contributed by atoms with E-state index in [1.807, 2.05) is 6.08 Å². The Kier molecular flexibility index (Phi) is 5.23. The van der Waals surface area contributed by atoms with E-state index >= 15 is 0 Å². The molecule has 5 nitrogen and oxygen atoms in total. The molecule has 20 heavy (non-hydrogen) atoms. The lowest BCUT2D eigenvalue weighted by Gasteiger charge is -2.21. The number of primary amides is 1. The molecule has 1 aliphatic rings. The van der Waals surface area contributed by atoms with Crippen LogP contribution in [0.15, 0.2) is 17.8 Å². The molecule has 1 heterocycles. The molecule has 2 rings (SSSR count). The minimum absolute atomic E-state index is 0.304. The molecule has 1 amide bonds. The smallest absolute Gasteiger partial charge is 0.230 e. The third-order valence-electron chi connectivity index (χ3n) is 3.71. The van der Waals surface area contributed by atoms with Crippen LogP contribution in [-0.4, -0.2) is 25.9 Å². The highest BCUT2D eigenvalue weighted by Crippen LogP contribution is 2.33. The van der Waals surface area contributed by atoms with E-state index in [1.165, 1.54) is 43.9 Å². The molecule has 1 saturated carbocycles. The number of thioether (sulfide) groups is 1. The standard InChI is InChI=1S/C14H22N4OS/c1-3-9-18-13(11-7-5-4-6-8-11)16-17-14(18)20-10(2)12(15)19/h3,10-11H,1,4-9H2,2H3,(H2,15,19). The van der Waals surface area contributed by atoms with Crippen LogP contribution < -0.4 is 5.73 Å². The quantitative estimate of drug-likeness (QED) is 0.646. The Bertz CT molecular complexity index is 480. The van der Waals surface area contributed by atoms with Gasteiger partial charge in [-0.25, -0.2) is 0 Å². The van der Waals surface area contributed by atoms with E-state index in [4.69, 9.17) is 5.73 Å². The van der Waals surface area contributed by atoms with Gasteiger partial charge >= 0.3 is 0 Å². The number of hydrogen-bond donors (Lipinski definition) is 1. The van der Waals surface area contributed by atoms with E-state index in [1.54, 1.807) is 6.92 Å². The van der Waals surface area contributed by atoms with Crippen LogP contribution in [0.2, 0.25) is 0 Å².